The molecule has 1 atom stereocenters. The molecule has 0 aliphatic carbocycles. The molecular formula is C11H14BrFN2S. The summed E-state index contributed by atoms with van der Waals surface area (Å²) in [5, 5.41) is 3.22. The van der Waals surface area contributed by atoms with Gasteiger partial charge in [0.2, 0.25) is 0 Å². The van der Waals surface area contributed by atoms with Crippen molar-refractivity contribution in [2.75, 3.05) is 29.1 Å². The van der Waals surface area contributed by atoms with E-state index in [-0.39, 0.29) is 5.82 Å². The van der Waals surface area contributed by atoms with E-state index in [1.165, 1.54) is 24.0 Å². The summed E-state index contributed by atoms with van der Waals surface area (Å²) in [7, 11) is 0. The normalized spacial score (nSPS) is 20.0. The number of rotatable bonds is 3. The Hall–Kier alpha value is -0.420. The molecule has 0 aromatic heterocycles. The Morgan fingerprint density at radius 3 is 3.06 bits per heavy atom. The van der Waals surface area contributed by atoms with Crippen molar-refractivity contribution >= 4 is 39.1 Å². The van der Waals surface area contributed by atoms with Crippen LogP contribution in [-0.2, 0) is 0 Å². The summed E-state index contributed by atoms with van der Waals surface area (Å²) in [5.74, 6) is 2.82. The Kier molecular flexibility index (Phi) is 3.97. The molecule has 0 amide bonds. The monoisotopic (exact) mass is 304 g/mol. The van der Waals surface area contributed by atoms with Gasteiger partial charge in [-0.25, -0.2) is 4.39 Å². The Morgan fingerprint density at radius 1 is 1.56 bits per heavy atom. The van der Waals surface area contributed by atoms with Crippen LogP contribution in [-0.4, -0.2) is 18.1 Å². The van der Waals surface area contributed by atoms with E-state index in [0.717, 1.165) is 6.54 Å². The van der Waals surface area contributed by atoms with Gasteiger partial charge >= 0.3 is 0 Å². The highest BCUT2D eigenvalue weighted by atomic mass is 79.9. The fourth-order valence-corrected chi connectivity index (χ4v) is 3.36. The Balaban J connectivity index is 2.00. The van der Waals surface area contributed by atoms with E-state index in [2.05, 4.69) is 21.2 Å². The maximum Gasteiger partial charge on any atom is 0.139 e. The highest BCUT2D eigenvalue weighted by Crippen LogP contribution is 2.28. The zero-order chi connectivity index (χ0) is 11.5. The fourth-order valence-electron chi connectivity index (χ4n) is 1.71. The molecule has 1 heterocycles. The topological polar surface area (TPSA) is 38.0 Å². The van der Waals surface area contributed by atoms with E-state index < -0.39 is 0 Å². The summed E-state index contributed by atoms with van der Waals surface area (Å²) in [6.45, 7) is 0.873. The molecule has 5 heteroatoms. The highest BCUT2D eigenvalue weighted by Gasteiger charge is 2.15. The van der Waals surface area contributed by atoms with Crippen LogP contribution >= 0.6 is 27.7 Å². The molecule has 0 spiro atoms. The lowest BCUT2D eigenvalue weighted by atomic mass is 10.1. The van der Waals surface area contributed by atoms with Crippen molar-refractivity contribution in [3.8, 4) is 0 Å². The number of nitrogens with two attached hydrogens (primary N) is 1. The molecule has 0 saturated carbocycles. The SMILES string of the molecule is Nc1cc(Br)c(F)cc1NCC1CCSC1. The number of nitrogens with one attached hydrogen (secondary N) is 1. The van der Waals surface area contributed by atoms with Gasteiger partial charge in [0.25, 0.3) is 0 Å². The molecular weight excluding hydrogens is 291 g/mol. The third-order valence-electron chi connectivity index (χ3n) is 2.70. The van der Waals surface area contributed by atoms with Crippen LogP contribution in [0.4, 0.5) is 15.8 Å². The van der Waals surface area contributed by atoms with E-state index in [4.69, 9.17) is 5.73 Å². The minimum absolute atomic E-state index is 0.280. The van der Waals surface area contributed by atoms with Crippen LogP contribution in [0.25, 0.3) is 0 Å². The maximum atomic E-state index is 13.3. The standard InChI is InChI=1S/C11H14BrFN2S/c12-8-3-10(14)11(4-9(8)13)15-5-7-1-2-16-6-7/h3-4,7,15H,1-2,5-6,14H2. The Morgan fingerprint density at radius 2 is 2.38 bits per heavy atom. The molecule has 1 fully saturated rings. The number of hydrogen-bond acceptors (Lipinski definition) is 3. The summed E-state index contributed by atoms with van der Waals surface area (Å²) in [6, 6.07) is 3.04. The summed E-state index contributed by atoms with van der Waals surface area (Å²) in [6.07, 6.45) is 1.23. The molecule has 1 aliphatic rings. The second-order valence-corrected chi connectivity index (χ2v) is 5.97. The van der Waals surface area contributed by atoms with Crippen LogP contribution in [0.3, 0.4) is 0 Å². The molecule has 1 saturated heterocycles. The van der Waals surface area contributed by atoms with Crippen LogP contribution in [0, 0.1) is 11.7 Å². The molecule has 2 nitrogen and oxygen atoms in total. The quantitative estimate of drug-likeness (QED) is 0.841. The molecule has 2 rings (SSSR count). The summed E-state index contributed by atoms with van der Waals surface area (Å²) in [4.78, 5) is 0. The number of thioether (sulfide) groups is 1. The molecule has 1 aromatic carbocycles. The zero-order valence-corrected chi connectivity index (χ0v) is 11.2. The minimum Gasteiger partial charge on any atom is -0.397 e. The van der Waals surface area contributed by atoms with Gasteiger partial charge in [-0.1, -0.05) is 0 Å². The van der Waals surface area contributed by atoms with Gasteiger partial charge in [0.1, 0.15) is 5.82 Å². The molecule has 1 unspecified atom stereocenters. The zero-order valence-electron chi connectivity index (χ0n) is 8.80. The van der Waals surface area contributed by atoms with E-state index in [1.54, 1.807) is 6.07 Å². The average Bonchev–Trinajstić information content (AvgIpc) is 2.74. The van der Waals surface area contributed by atoms with Crippen molar-refractivity contribution < 1.29 is 4.39 Å². The number of nitrogen functional groups attached to an aromatic ring is 1. The summed E-state index contributed by atoms with van der Waals surface area (Å²) < 4.78 is 13.7. The third-order valence-corrected chi connectivity index (χ3v) is 4.54. The largest absolute Gasteiger partial charge is 0.397 e. The number of halogens is 2. The number of anilines is 2. The molecule has 3 N–H and O–H groups in total. The highest BCUT2D eigenvalue weighted by molar-refractivity contribution is 9.10. The van der Waals surface area contributed by atoms with Gasteiger partial charge in [-0.15, -0.1) is 0 Å². The lowest BCUT2D eigenvalue weighted by molar-refractivity contribution is 0.618. The fraction of sp³-hybridized carbons (Fsp3) is 0.455. The molecule has 0 radical (unpaired) electrons. The van der Waals surface area contributed by atoms with Crippen LogP contribution in [0.2, 0.25) is 0 Å². The van der Waals surface area contributed by atoms with Gasteiger partial charge in [-0.05, 0) is 45.8 Å². The van der Waals surface area contributed by atoms with Crippen molar-refractivity contribution in [2.24, 2.45) is 5.92 Å². The predicted octanol–water partition coefficient (Wildman–Crippen LogP) is 3.34. The molecule has 88 valence electrons. The molecule has 1 aromatic rings. The van der Waals surface area contributed by atoms with Gasteiger partial charge in [-0.3, -0.25) is 0 Å². The van der Waals surface area contributed by atoms with Gasteiger partial charge in [0.05, 0.1) is 15.8 Å². The van der Waals surface area contributed by atoms with Crippen LogP contribution in [0.1, 0.15) is 6.42 Å². The second kappa shape index (κ2) is 5.27. The predicted molar refractivity (Wildman–Crippen MR) is 72.4 cm³/mol. The number of hydrogen-bond donors (Lipinski definition) is 2. The van der Waals surface area contributed by atoms with Gasteiger partial charge < -0.3 is 11.1 Å². The van der Waals surface area contributed by atoms with Gasteiger partial charge in [0, 0.05) is 12.6 Å². The van der Waals surface area contributed by atoms with Crippen molar-refractivity contribution in [2.45, 2.75) is 6.42 Å². The second-order valence-electron chi connectivity index (χ2n) is 3.96. The lowest BCUT2D eigenvalue weighted by Gasteiger charge is -2.13. The average molecular weight is 305 g/mol. The lowest BCUT2D eigenvalue weighted by Crippen LogP contribution is -2.14. The molecule has 16 heavy (non-hydrogen) atoms. The van der Waals surface area contributed by atoms with Crippen LogP contribution < -0.4 is 11.1 Å². The maximum absolute atomic E-state index is 13.3. The van der Waals surface area contributed by atoms with Gasteiger partial charge in [-0.2, -0.15) is 11.8 Å². The first-order valence-corrected chi connectivity index (χ1v) is 7.17. The summed E-state index contributed by atoms with van der Waals surface area (Å²) >= 11 is 5.09. The van der Waals surface area contributed by atoms with Gasteiger partial charge in [0.15, 0.2) is 0 Å². The molecule has 0 bridgehead atoms. The van der Waals surface area contributed by atoms with Crippen molar-refractivity contribution in [3.63, 3.8) is 0 Å². The molecule has 1 aliphatic heterocycles. The minimum atomic E-state index is -0.280. The Labute approximate surface area is 107 Å². The first-order valence-electron chi connectivity index (χ1n) is 5.23. The summed E-state index contributed by atoms with van der Waals surface area (Å²) in [5.41, 5.74) is 7.09. The Bertz CT molecular complexity index is 380. The smallest absolute Gasteiger partial charge is 0.139 e. The van der Waals surface area contributed by atoms with Crippen LogP contribution in [0.5, 0.6) is 0 Å². The van der Waals surface area contributed by atoms with Crippen molar-refractivity contribution in [1.82, 2.24) is 0 Å². The van der Waals surface area contributed by atoms with Crippen molar-refractivity contribution in [3.05, 3.63) is 22.4 Å². The van der Waals surface area contributed by atoms with E-state index >= 15 is 0 Å². The van der Waals surface area contributed by atoms with E-state index in [9.17, 15) is 4.39 Å². The number of benzene rings is 1. The third kappa shape index (κ3) is 2.83. The first kappa shape index (κ1) is 12.0. The first-order chi connectivity index (χ1) is 7.66. The van der Waals surface area contributed by atoms with Crippen LogP contribution in [0.15, 0.2) is 16.6 Å². The van der Waals surface area contributed by atoms with E-state index in [0.29, 0.717) is 21.8 Å². The van der Waals surface area contributed by atoms with E-state index in [1.807, 2.05) is 11.8 Å². The van der Waals surface area contributed by atoms with Crippen molar-refractivity contribution in [1.29, 1.82) is 0 Å².